The van der Waals surface area contributed by atoms with Gasteiger partial charge in [0.15, 0.2) is 0 Å². The van der Waals surface area contributed by atoms with Gasteiger partial charge in [-0.15, -0.1) is 0 Å². The molecular formula is C16H14N2O3. The van der Waals surface area contributed by atoms with Crippen LogP contribution in [0.3, 0.4) is 0 Å². The van der Waals surface area contributed by atoms with Gasteiger partial charge in [-0.1, -0.05) is 30.3 Å². The maximum Gasteiger partial charge on any atom is 0.269 e. The van der Waals surface area contributed by atoms with Crippen molar-refractivity contribution in [2.24, 2.45) is 0 Å². The number of allylic oxidation sites excluding steroid dienone is 1. The highest BCUT2D eigenvalue weighted by atomic mass is 16.6. The minimum atomic E-state index is -0.468. The lowest BCUT2D eigenvalue weighted by atomic mass is 10.1. The zero-order valence-electron chi connectivity index (χ0n) is 11.5. The first-order chi connectivity index (χ1) is 10.1. The minimum absolute atomic E-state index is 0.00121. The van der Waals surface area contributed by atoms with Crippen LogP contribution in [0.5, 0.6) is 0 Å². The Bertz CT molecular complexity index is 685. The molecule has 0 spiro atoms. The van der Waals surface area contributed by atoms with E-state index < -0.39 is 4.92 Å². The molecule has 106 valence electrons. The summed E-state index contributed by atoms with van der Waals surface area (Å²) in [6, 6.07) is 15.5. The third-order valence-corrected chi connectivity index (χ3v) is 2.95. The summed E-state index contributed by atoms with van der Waals surface area (Å²) in [4.78, 5) is 10.2. The Hall–Kier alpha value is -2.95. The Kier molecular flexibility index (Phi) is 4.46. The van der Waals surface area contributed by atoms with E-state index in [9.17, 15) is 15.3 Å². The molecule has 2 aromatic carbocycles. The molecule has 0 aliphatic rings. The van der Waals surface area contributed by atoms with E-state index >= 15 is 0 Å². The number of nitro benzene ring substituents is 1. The van der Waals surface area contributed by atoms with Gasteiger partial charge in [0.2, 0.25) is 5.71 Å². The van der Waals surface area contributed by atoms with Crippen molar-refractivity contribution in [2.45, 2.75) is 0 Å². The number of non-ortho nitro benzene ring substituents is 1. The van der Waals surface area contributed by atoms with E-state index in [-0.39, 0.29) is 5.69 Å². The van der Waals surface area contributed by atoms with Crippen LogP contribution in [0.1, 0.15) is 11.1 Å². The molecule has 0 unspecified atom stereocenters. The fourth-order valence-electron chi connectivity index (χ4n) is 1.88. The van der Waals surface area contributed by atoms with Crippen LogP contribution in [-0.2, 0) is 0 Å². The topological polar surface area (TPSA) is 69.2 Å². The Labute approximate surface area is 122 Å². The summed E-state index contributed by atoms with van der Waals surface area (Å²) in [6.45, 7) is 0. The standard InChI is InChI=1S/C16H14N2O3/c1-17(19)16(12-7-13-5-3-2-4-6-13)14-8-10-15(11-9-14)18(20)21/h2-12H,1H3/b12-7+,17-16-. The molecular weight excluding hydrogens is 268 g/mol. The van der Waals surface area contributed by atoms with E-state index in [0.29, 0.717) is 11.3 Å². The van der Waals surface area contributed by atoms with Gasteiger partial charge in [-0.05, 0) is 23.8 Å². The quantitative estimate of drug-likeness (QED) is 0.284. The molecule has 0 N–H and O–H groups in total. The van der Waals surface area contributed by atoms with Crippen molar-refractivity contribution in [3.8, 4) is 0 Å². The van der Waals surface area contributed by atoms with Crippen molar-refractivity contribution in [1.29, 1.82) is 0 Å². The summed E-state index contributed by atoms with van der Waals surface area (Å²) in [7, 11) is 1.39. The van der Waals surface area contributed by atoms with Crippen LogP contribution in [-0.4, -0.2) is 22.4 Å². The smallest absolute Gasteiger partial charge is 0.269 e. The van der Waals surface area contributed by atoms with Crippen LogP contribution >= 0.6 is 0 Å². The molecule has 5 heteroatoms. The van der Waals surface area contributed by atoms with E-state index in [1.54, 1.807) is 18.2 Å². The Morgan fingerprint density at radius 2 is 1.62 bits per heavy atom. The number of rotatable bonds is 4. The molecule has 5 nitrogen and oxygen atoms in total. The second-order valence-electron chi connectivity index (χ2n) is 4.43. The van der Waals surface area contributed by atoms with Crippen LogP contribution in [0.25, 0.3) is 6.08 Å². The molecule has 0 atom stereocenters. The van der Waals surface area contributed by atoms with Gasteiger partial charge in [-0.25, -0.2) is 4.74 Å². The van der Waals surface area contributed by atoms with E-state index in [4.69, 9.17) is 0 Å². The highest BCUT2D eigenvalue weighted by molar-refractivity contribution is 6.07. The maximum atomic E-state index is 11.7. The van der Waals surface area contributed by atoms with E-state index in [1.807, 2.05) is 36.4 Å². The molecule has 0 saturated heterocycles. The van der Waals surface area contributed by atoms with Gasteiger partial charge in [0.25, 0.3) is 5.69 Å². The van der Waals surface area contributed by atoms with Gasteiger partial charge in [-0.3, -0.25) is 10.1 Å². The minimum Gasteiger partial charge on any atom is -0.624 e. The zero-order valence-corrected chi connectivity index (χ0v) is 11.5. The highest BCUT2D eigenvalue weighted by Crippen LogP contribution is 2.13. The van der Waals surface area contributed by atoms with Gasteiger partial charge in [0.1, 0.15) is 7.05 Å². The summed E-state index contributed by atoms with van der Waals surface area (Å²) < 4.78 is 0.737. The largest absolute Gasteiger partial charge is 0.624 e. The molecule has 0 aromatic heterocycles. The molecule has 0 saturated carbocycles. The number of nitro groups is 1. The Morgan fingerprint density at radius 1 is 1.00 bits per heavy atom. The predicted molar refractivity (Wildman–Crippen MR) is 82.2 cm³/mol. The first-order valence-corrected chi connectivity index (χ1v) is 6.33. The summed E-state index contributed by atoms with van der Waals surface area (Å²) in [5.74, 6) is 0. The Balaban J connectivity index is 2.30. The van der Waals surface area contributed by atoms with Crippen LogP contribution < -0.4 is 0 Å². The molecule has 0 bridgehead atoms. The van der Waals surface area contributed by atoms with Crippen LogP contribution in [0.2, 0.25) is 0 Å². The van der Waals surface area contributed by atoms with Crippen molar-refractivity contribution in [3.05, 3.63) is 87.1 Å². The summed E-state index contributed by atoms with van der Waals surface area (Å²) >= 11 is 0. The second kappa shape index (κ2) is 6.47. The molecule has 2 aromatic rings. The molecule has 0 fully saturated rings. The molecule has 0 heterocycles. The molecule has 0 amide bonds. The monoisotopic (exact) mass is 282 g/mol. The SMILES string of the molecule is C/[N+]([O-])=C(\C=C\c1ccccc1)c1ccc([N+](=O)[O-])cc1. The predicted octanol–water partition coefficient (Wildman–Crippen LogP) is 3.24. The van der Waals surface area contributed by atoms with Gasteiger partial charge >= 0.3 is 0 Å². The average molecular weight is 282 g/mol. The third kappa shape index (κ3) is 3.76. The second-order valence-corrected chi connectivity index (χ2v) is 4.43. The summed E-state index contributed by atoms with van der Waals surface area (Å²) in [5.41, 5.74) is 2.04. The molecule has 0 radical (unpaired) electrons. The van der Waals surface area contributed by atoms with Crippen LogP contribution in [0.4, 0.5) is 5.69 Å². The van der Waals surface area contributed by atoms with Gasteiger partial charge in [0, 0.05) is 23.8 Å². The van der Waals surface area contributed by atoms with E-state index in [0.717, 1.165) is 10.3 Å². The Morgan fingerprint density at radius 3 is 2.14 bits per heavy atom. The van der Waals surface area contributed by atoms with Crippen molar-refractivity contribution < 1.29 is 9.66 Å². The number of hydroxylamine groups is 1. The van der Waals surface area contributed by atoms with Crippen LogP contribution in [0.15, 0.2) is 60.7 Å². The van der Waals surface area contributed by atoms with Crippen molar-refractivity contribution in [1.82, 2.24) is 0 Å². The maximum absolute atomic E-state index is 11.7. The first kappa shape index (κ1) is 14.5. The van der Waals surface area contributed by atoms with E-state index in [2.05, 4.69) is 0 Å². The lowest BCUT2D eigenvalue weighted by Crippen LogP contribution is -2.10. The summed E-state index contributed by atoms with van der Waals surface area (Å²) in [5, 5.41) is 22.3. The van der Waals surface area contributed by atoms with Crippen molar-refractivity contribution in [3.63, 3.8) is 0 Å². The van der Waals surface area contributed by atoms with Gasteiger partial charge in [-0.2, -0.15) is 0 Å². The van der Waals surface area contributed by atoms with Crippen molar-refractivity contribution in [2.75, 3.05) is 7.05 Å². The molecule has 0 aliphatic heterocycles. The number of hydrogen-bond acceptors (Lipinski definition) is 3. The van der Waals surface area contributed by atoms with E-state index in [1.165, 1.54) is 19.2 Å². The zero-order chi connectivity index (χ0) is 15.2. The van der Waals surface area contributed by atoms with Crippen LogP contribution in [0, 0.1) is 15.3 Å². The fourth-order valence-corrected chi connectivity index (χ4v) is 1.88. The lowest BCUT2D eigenvalue weighted by molar-refractivity contribution is -0.421. The fraction of sp³-hybridized carbons (Fsp3) is 0.0625. The van der Waals surface area contributed by atoms with Crippen molar-refractivity contribution >= 4 is 17.5 Å². The molecule has 0 aliphatic carbocycles. The first-order valence-electron chi connectivity index (χ1n) is 6.33. The van der Waals surface area contributed by atoms with Gasteiger partial charge in [0.05, 0.1) is 4.92 Å². The number of benzene rings is 2. The average Bonchev–Trinajstić information content (AvgIpc) is 2.48. The van der Waals surface area contributed by atoms with Gasteiger partial charge < -0.3 is 5.21 Å². The number of nitrogens with zero attached hydrogens (tertiary/aromatic N) is 2. The number of hydrogen-bond donors (Lipinski definition) is 0. The summed E-state index contributed by atoms with van der Waals surface area (Å²) in [6.07, 6.45) is 3.52. The third-order valence-electron chi connectivity index (χ3n) is 2.95. The normalized spacial score (nSPS) is 12.2. The highest BCUT2D eigenvalue weighted by Gasteiger charge is 2.10. The molecule has 2 rings (SSSR count). The lowest BCUT2D eigenvalue weighted by Gasteiger charge is -2.04. The molecule has 21 heavy (non-hydrogen) atoms.